The van der Waals surface area contributed by atoms with Gasteiger partial charge in [-0.2, -0.15) is 4.31 Å². The molecule has 1 unspecified atom stereocenters. The van der Waals surface area contributed by atoms with Crippen LogP contribution in [0.15, 0.2) is 109 Å². The minimum atomic E-state index is -3.77. The Bertz CT molecular complexity index is 1630. The van der Waals surface area contributed by atoms with Crippen molar-refractivity contribution in [2.75, 3.05) is 33.6 Å². The highest BCUT2D eigenvalue weighted by Crippen LogP contribution is 2.26. The molecule has 4 aromatic carbocycles. The molecule has 0 fully saturated rings. The smallest absolute Gasteiger partial charge is 0.247 e. The van der Waals surface area contributed by atoms with Crippen molar-refractivity contribution in [3.05, 3.63) is 131 Å². The van der Waals surface area contributed by atoms with Gasteiger partial charge in [-0.15, -0.1) is 0 Å². The number of nitrogens with one attached hydrogen (secondary N) is 1. The normalized spacial score (nSPS) is 11.9. The van der Waals surface area contributed by atoms with Crippen LogP contribution < -0.4 is 14.8 Å². The van der Waals surface area contributed by atoms with Crippen molar-refractivity contribution in [2.24, 2.45) is 0 Å². The van der Waals surface area contributed by atoms with Crippen LogP contribution in [-0.4, -0.2) is 63.0 Å². The van der Waals surface area contributed by atoms with Gasteiger partial charge in [-0.05, 0) is 52.9 Å². The molecular formula is C35H39N3O6S. The fourth-order valence-corrected chi connectivity index (χ4v) is 5.63. The van der Waals surface area contributed by atoms with Crippen LogP contribution in [0, 0.1) is 0 Å². The van der Waals surface area contributed by atoms with E-state index in [1.165, 1.54) is 4.90 Å². The van der Waals surface area contributed by atoms with Gasteiger partial charge in [0, 0.05) is 19.6 Å². The number of carbonyl (C=O) groups excluding carboxylic acids is 2. The topological polar surface area (TPSA) is 105 Å². The number of sulfonamides is 1. The Morgan fingerprint density at radius 3 is 1.76 bits per heavy atom. The number of benzene rings is 4. The summed E-state index contributed by atoms with van der Waals surface area (Å²) in [7, 11) is -0.600. The lowest BCUT2D eigenvalue weighted by molar-refractivity contribution is -0.141. The highest BCUT2D eigenvalue weighted by molar-refractivity contribution is 7.88. The van der Waals surface area contributed by atoms with Crippen molar-refractivity contribution in [1.82, 2.24) is 14.5 Å². The van der Waals surface area contributed by atoms with E-state index < -0.39 is 28.5 Å². The van der Waals surface area contributed by atoms with Gasteiger partial charge in [-0.25, -0.2) is 8.42 Å². The Balaban J connectivity index is 1.64. The highest BCUT2D eigenvalue weighted by atomic mass is 32.2. The second kappa shape index (κ2) is 15.9. The molecule has 4 rings (SSSR count). The Morgan fingerprint density at radius 1 is 0.711 bits per heavy atom. The lowest BCUT2D eigenvalue weighted by atomic mass is 10.0. The maximum atomic E-state index is 14.2. The summed E-state index contributed by atoms with van der Waals surface area (Å²) in [6.45, 7) is -0.0159. The first kappa shape index (κ1) is 33.2. The second-order valence-corrected chi connectivity index (χ2v) is 12.6. The zero-order valence-corrected chi connectivity index (χ0v) is 26.6. The molecule has 0 aromatic heterocycles. The molecule has 1 N–H and O–H groups in total. The SMILES string of the molecule is COc1ccc(CCNC(=O)C(c2ccccc2)N(Cc2ccc(OC)cc2)C(=O)CN(Cc2ccccc2)S(C)(=O)=O)cc1. The summed E-state index contributed by atoms with van der Waals surface area (Å²) >= 11 is 0. The molecule has 0 saturated heterocycles. The van der Waals surface area contributed by atoms with E-state index in [1.807, 2.05) is 60.7 Å². The average molecular weight is 630 g/mol. The van der Waals surface area contributed by atoms with Crippen LogP contribution in [0.2, 0.25) is 0 Å². The zero-order valence-electron chi connectivity index (χ0n) is 25.8. The molecule has 0 spiro atoms. The van der Waals surface area contributed by atoms with Gasteiger partial charge in [-0.1, -0.05) is 84.9 Å². The fraction of sp³-hybridized carbons (Fsp3) is 0.257. The Hall–Kier alpha value is -4.67. The monoisotopic (exact) mass is 629 g/mol. The number of nitrogens with zero attached hydrogens (tertiary/aromatic N) is 2. The van der Waals surface area contributed by atoms with Crippen LogP contribution in [0.3, 0.4) is 0 Å². The van der Waals surface area contributed by atoms with Crippen LogP contribution in [0.25, 0.3) is 0 Å². The Morgan fingerprint density at radius 2 is 1.22 bits per heavy atom. The first-order valence-corrected chi connectivity index (χ1v) is 16.4. The standard InChI is InChI=1S/C35H39N3O6S/c1-43-31-18-14-27(15-19-31)22-23-36-35(40)34(30-12-8-5-9-13-30)38(25-29-16-20-32(44-2)21-17-29)33(39)26-37(45(3,41)42)24-28-10-6-4-7-11-28/h4-21,34H,22-26H2,1-3H3,(H,36,40). The molecular weight excluding hydrogens is 590 g/mol. The van der Waals surface area contributed by atoms with Crippen molar-refractivity contribution >= 4 is 21.8 Å². The molecule has 2 amide bonds. The maximum absolute atomic E-state index is 14.2. The fourth-order valence-electron chi connectivity index (χ4n) is 4.90. The summed E-state index contributed by atoms with van der Waals surface area (Å²) in [5, 5.41) is 3.01. The van der Waals surface area contributed by atoms with Crippen LogP contribution >= 0.6 is 0 Å². The Labute approximate surface area is 265 Å². The van der Waals surface area contributed by atoms with Gasteiger partial charge in [0.15, 0.2) is 0 Å². The minimum absolute atomic E-state index is 0.0197. The van der Waals surface area contributed by atoms with Gasteiger partial charge >= 0.3 is 0 Å². The van der Waals surface area contributed by atoms with Crippen LogP contribution in [0.1, 0.15) is 28.3 Å². The van der Waals surface area contributed by atoms with Crippen LogP contribution in [-0.2, 0) is 39.1 Å². The van der Waals surface area contributed by atoms with E-state index in [4.69, 9.17) is 9.47 Å². The molecule has 4 aromatic rings. The van der Waals surface area contributed by atoms with Crippen LogP contribution in [0.5, 0.6) is 11.5 Å². The van der Waals surface area contributed by atoms with Gasteiger partial charge < -0.3 is 19.7 Å². The lowest BCUT2D eigenvalue weighted by Gasteiger charge is -2.33. The van der Waals surface area contributed by atoms with Crippen LogP contribution in [0.4, 0.5) is 0 Å². The van der Waals surface area contributed by atoms with E-state index in [1.54, 1.807) is 62.8 Å². The van der Waals surface area contributed by atoms with Crippen molar-refractivity contribution < 1.29 is 27.5 Å². The number of ether oxygens (including phenoxy) is 2. The number of methoxy groups -OCH3 is 2. The first-order chi connectivity index (χ1) is 21.7. The summed E-state index contributed by atoms with van der Waals surface area (Å²) in [6, 6.07) is 31.9. The Kier molecular flexibility index (Phi) is 11.7. The summed E-state index contributed by atoms with van der Waals surface area (Å²) in [5.74, 6) is 0.519. The summed E-state index contributed by atoms with van der Waals surface area (Å²) in [5.41, 5.74) is 3.12. The van der Waals surface area contributed by atoms with Gasteiger partial charge in [0.2, 0.25) is 21.8 Å². The van der Waals surface area contributed by atoms with Crippen molar-refractivity contribution in [1.29, 1.82) is 0 Å². The molecule has 0 aliphatic heterocycles. The maximum Gasteiger partial charge on any atom is 0.247 e. The second-order valence-electron chi connectivity index (χ2n) is 10.6. The third-order valence-electron chi connectivity index (χ3n) is 7.36. The largest absolute Gasteiger partial charge is 0.497 e. The number of amides is 2. The molecule has 10 heteroatoms. The molecule has 1 atom stereocenters. The van der Waals surface area contributed by atoms with E-state index in [0.717, 1.165) is 33.0 Å². The van der Waals surface area contributed by atoms with E-state index in [9.17, 15) is 18.0 Å². The van der Waals surface area contributed by atoms with Crippen molar-refractivity contribution in [3.63, 3.8) is 0 Å². The summed E-state index contributed by atoms with van der Waals surface area (Å²) < 4.78 is 37.4. The highest BCUT2D eigenvalue weighted by Gasteiger charge is 2.33. The number of carbonyl (C=O) groups is 2. The lowest BCUT2D eigenvalue weighted by Crippen LogP contribution is -2.48. The minimum Gasteiger partial charge on any atom is -0.497 e. The number of rotatable bonds is 15. The quantitative estimate of drug-likeness (QED) is 0.206. The molecule has 0 heterocycles. The van der Waals surface area contributed by atoms with E-state index in [2.05, 4.69) is 5.32 Å². The molecule has 45 heavy (non-hydrogen) atoms. The van der Waals surface area contributed by atoms with E-state index in [-0.39, 0.29) is 19.0 Å². The van der Waals surface area contributed by atoms with Gasteiger partial charge in [-0.3, -0.25) is 9.59 Å². The predicted molar refractivity (Wildman–Crippen MR) is 174 cm³/mol. The van der Waals surface area contributed by atoms with Gasteiger partial charge in [0.05, 0.1) is 27.0 Å². The van der Waals surface area contributed by atoms with Crippen molar-refractivity contribution in [2.45, 2.75) is 25.6 Å². The third-order valence-corrected chi connectivity index (χ3v) is 8.56. The molecule has 236 valence electrons. The average Bonchev–Trinajstić information content (AvgIpc) is 3.05. The molecule has 0 aliphatic rings. The van der Waals surface area contributed by atoms with E-state index in [0.29, 0.717) is 24.3 Å². The van der Waals surface area contributed by atoms with E-state index >= 15 is 0 Å². The predicted octanol–water partition coefficient (Wildman–Crippen LogP) is 4.59. The summed E-state index contributed by atoms with van der Waals surface area (Å²) in [6.07, 6.45) is 1.65. The summed E-state index contributed by atoms with van der Waals surface area (Å²) in [4.78, 5) is 29.6. The molecule has 0 saturated carbocycles. The first-order valence-electron chi connectivity index (χ1n) is 14.5. The van der Waals surface area contributed by atoms with Gasteiger partial charge in [0.25, 0.3) is 0 Å². The van der Waals surface area contributed by atoms with Gasteiger partial charge in [0.1, 0.15) is 17.5 Å². The molecule has 0 aliphatic carbocycles. The molecule has 9 nitrogen and oxygen atoms in total. The number of hydrogen-bond donors (Lipinski definition) is 1. The molecule has 0 bridgehead atoms. The zero-order chi connectivity index (χ0) is 32.2. The molecule has 0 radical (unpaired) electrons. The third kappa shape index (κ3) is 9.66. The van der Waals surface area contributed by atoms with Crippen molar-refractivity contribution in [3.8, 4) is 11.5 Å². The number of hydrogen-bond acceptors (Lipinski definition) is 6.